The topological polar surface area (TPSA) is 134 Å². The van der Waals surface area contributed by atoms with E-state index in [0.717, 1.165) is 6.26 Å². The molecule has 164 valence electrons. The zero-order valence-corrected chi connectivity index (χ0v) is 18.0. The number of thioether (sulfide) groups is 1. The monoisotopic (exact) mass is 472 g/mol. The molecule has 0 spiro atoms. The number of rotatable bonds is 7. The standard InChI is InChI=1S/C21H17ClN4O5S/c22-16-4-2-1-3-15(16)20-24-25-21(32-11-14-8-18(29)19(30)10-31-14)26(20)23-9-12-5-6-13(27)7-17(12)28/h1-8,10,23,27-28,30H,9,11H2. The van der Waals surface area contributed by atoms with Crippen LogP contribution in [0.3, 0.4) is 0 Å². The molecule has 4 aromatic rings. The summed E-state index contributed by atoms with van der Waals surface area (Å²) in [5.74, 6) is 0.482. The molecule has 2 heterocycles. The molecule has 2 aromatic carbocycles. The third kappa shape index (κ3) is 4.66. The SMILES string of the molecule is O=c1cc(CSc2nnc(-c3ccccc3Cl)n2NCc2ccc(O)cc2O)occ1O. The van der Waals surface area contributed by atoms with Gasteiger partial charge in [-0.2, -0.15) is 0 Å². The first-order valence-electron chi connectivity index (χ1n) is 9.31. The Bertz CT molecular complexity index is 1320. The third-order valence-corrected chi connectivity index (χ3v) is 5.74. The molecule has 11 heteroatoms. The van der Waals surface area contributed by atoms with Gasteiger partial charge in [-0.15, -0.1) is 10.2 Å². The second kappa shape index (κ2) is 9.25. The van der Waals surface area contributed by atoms with Gasteiger partial charge < -0.3 is 25.2 Å². The second-order valence-electron chi connectivity index (χ2n) is 6.65. The molecule has 0 fully saturated rings. The normalized spacial score (nSPS) is 10.9. The fraction of sp³-hybridized carbons (Fsp3) is 0.0952. The summed E-state index contributed by atoms with van der Waals surface area (Å²) in [5.41, 5.74) is 3.81. The van der Waals surface area contributed by atoms with Crippen LogP contribution in [0.1, 0.15) is 11.3 Å². The van der Waals surface area contributed by atoms with Gasteiger partial charge in [0.05, 0.1) is 17.3 Å². The molecule has 0 amide bonds. The van der Waals surface area contributed by atoms with Gasteiger partial charge in [0.15, 0.2) is 11.6 Å². The van der Waals surface area contributed by atoms with Gasteiger partial charge in [0.25, 0.3) is 0 Å². The summed E-state index contributed by atoms with van der Waals surface area (Å²) in [4.78, 5) is 11.6. The Morgan fingerprint density at radius 2 is 1.88 bits per heavy atom. The van der Waals surface area contributed by atoms with Crippen molar-refractivity contribution in [1.82, 2.24) is 14.9 Å². The second-order valence-corrected chi connectivity index (χ2v) is 8.00. The number of phenolic OH excluding ortho intramolecular Hbond substituents is 2. The third-order valence-electron chi connectivity index (χ3n) is 4.45. The van der Waals surface area contributed by atoms with Gasteiger partial charge in [0.1, 0.15) is 23.5 Å². The average Bonchev–Trinajstić information content (AvgIpc) is 3.17. The zero-order valence-electron chi connectivity index (χ0n) is 16.4. The smallest absolute Gasteiger partial charge is 0.226 e. The summed E-state index contributed by atoms with van der Waals surface area (Å²) < 4.78 is 6.86. The van der Waals surface area contributed by atoms with Crippen molar-refractivity contribution in [2.24, 2.45) is 0 Å². The maximum absolute atomic E-state index is 11.6. The molecule has 0 radical (unpaired) electrons. The van der Waals surface area contributed by atoms with Crippen LogP contribution in [0, 0.1) is 0 Å². The van der Waals surface area contributed by atoms with E-state index in [0.29, 0.717) is 32.9 Å². The molecule has 0 unspecified atom stereocenters. The minimum atomic E-state index is -0.536. The lowest BCUT2D eigenvalue weighted by molar-refractivity contribution is 0.419. The van der Waals surface area contributed by atoms with E-state index in [9.17, 15) is 20.1 Å². The molecule has 2 aromatic heterocycles. The molecule has 0 atom stereocenters. The van der Waals surface area contributed by atoms with Crippen molar-refractivity contribution in [3.8, 4) is 28.6 Å². The summed E-state index contributed by atoms with van der Waals surface area (Å²) in [5, 5.41) is 38.3. The van der Waals surface area contributed by atoms with Crippen molar-refractivity contribution in [1.29, 1.82) is 0 Å². The minimum absolute atomic E-state index is 0.0426. The van der Waals surface area contributed by atoms with Crippen molar-refractivity contribution >= 4 is 23.4 Å². The van der Waals surface area contributed by atoms with E-state index >= 15 is 0 Å². The molecule has 0 aliphatic rings. The van der Waals surface area contributed by atoms with Gasteiger partial charge in [-0.05, 0) is 24.3 Å². The molecule has 4 rings (SSSR count). The number of hydrogen-bond acceptors (Lipinski definition) is 9. The van der Waals surface area contributed by atoms with Crippen LogP contribution < -0.4 is 10.9 Å². The van der Waals surface area contributed by atoms with E-state index in [1.165, 1.54) is 30.0 Å². The van der Waals surface area contributed by atoms with E-state index in [1.807, 2.05) is 6.07 Å². The quantitative estimate of drug-likeness (QED) is 0.297. The maximum Gasteiger partial charge on any atom is 0.226 e. The number of nitrogens with one attached hydrogen (secondary N) is 1. The Kier molecular flexibility index (Phi) is 6.24. The molecule has 0 saturated heterocycles. The van der Waals surface area contributed by atoms with Gasteiger partial charge in [0, 0.05) is 23.3 Å². The highest BCUT2D eigenvalue weighted by Crippen LogP contribution is 2.30. The lowest BCUT2D eigenvalue weighted by atomic mass is 10.2. The van der Waals surface area contributed by atoms with E-state index < -0.39 is 11.2 Å². The van der Waals surface area contributed by atoms with E-state index in [4.69, 9.17) is 16.0 Å². The predicted octanol–water partition coefficient (Wildman–Crippen LogP) is 3.70. The van der Waals surface area contributed by atoms with E-state index in [1.54, 1.807) is 28.9 Å². The molecule has 0 aliphatic heterocycles. The highest BCUT2D eigenvalue weighted by atomic mass is 35.5. The fourth-order valence-electron chi connectivity index (χ4n) is 2.84. The Balaban J connectivity index is 1.64. The van der Waals surface area contributed by atoms with Gasteiger partial charge >= 0.3 is 0 Å². The molecule has 4 N–H and O–H groups in total. The Morgan fingerprint density at radius 3 is 2.62 bits per heavy atom. The molecular weight excluding hydrogens is 456 g/mol. The lowest BCUT2D eigenvalue weighted by Crippen LogP contribution is -2.17. The minimum Gasteiger partial charge on any atom is -0.508 e. The molecule has 0 bridgehead atoms. The molecule has 32 heavy (non-hydrogen) atoms. The van der Waals surface area contributed by atoms with E-state index in [-0.39, 0.29) is 23.8 Å². The Morgan fingerprint density at radius 1 is 1.06 bits per heavy atom. The molecule has 0 aliphatic carbocycles. The Labute approximate surface area is 190 Å². The number of halogens is 1. The summed E-state index contributed by atoms with van der Waals surface area (Å²) in [7, 11) is 0. The number of benzene rings is 2. The van der Waals surface area contributed by atoms with Crippen LogP contribution in [0.25, 0.3) is 11.4 Å². The number of aromatic hydroxyl groups is 3. The van der Waals surface area contributed by atoms with Crippen molar-refractivity contribution in [3.05, 3.63) is 81.4 Å². The van der Waals surface area contributed by atoms with Crippen LogP contribution in [-0.4, -0.2) is 30.2 Å². The number of hydrogen-bond donors (Lipinski definition) is 4. The number of nitrogens with zero attached hydrogens (tertiary/aromatic N) is 3. The van der Waals surface area contributed by atoms with Gasteiger partial charge in [-0.3, -0.25) is 4.79 Å². The maximum atomic E-state index is 11.6. The molecule has 0 saturated carbocycles. The van der Waals surface area contributed by atoms with Crippen LogP contribution in [0.2, 0.25) is 5.02 Å². The lowest BCUT2D eigenvalue weighted by Gasteiger charge is -2.14. The van der Waals surface area contributed by atoms with Crippen molar-refractivity contribution in [3.63, 3.8) is 0 Å². The van der Waals surface area contributed by atoms with Crippen molar-refractivity contribution in [2.45, 2.75) is 17.5 Å². The van der Waals surface area contributed by atoms with Crippen LogP contribution in [0.4, 0.5) is 0 Å². The first-order chi connectivity index (χ1) is 15.4. The first kappa shape index (κ1) is 21.6. The Hall–Kier alpha value is -3.63. The van der Waals surface area contributed by atoms with Crippen LogP contribution in [0.15, 0.2) is 69.2 Å². The summed E-state index contributed by atoms with van der Waals surface area (Å²) in [6.45, 7) is 0.198. The first-order valence-corrected chi connectivity index (χ1v) is 10.7. The highest BCUT2D eigenvalue weighted by molar-refractivity contribution is 7.98. The van der Waals surface area contributed by atoms with Crippen LogP contribution in [0.5, 0.6) is 17.2 Å². The van der Waals surface area contributed by atoms with E-state index in [2.05, 4.69) is 15.6 Å². The van der Waals surface area contributed by atoms with Crippen molar-refractivity contribution < 1.29 is 19.7 Å². The highest BCUT2D eigenvalue weighted by Gasteiger charge is 2.18. The van der Waals surface area contributed by atoms with Crippen molar-refractivity contribution in [2.75, 3.05) is 5.43 Å². The largest absolute Gasteiger partial charge is 0.508 e. The summed E-state index contributed by atoms with van der Waals surface area (Å²) >= 11 is 7.59. The molecule has 9 nitrogen and oxygen atoms in total. The summed E-state index contributed by atoms with van der Waals surface area (Å²) in [6, 6.07) is 12.7. The zero-order chi connectivity index (χ0) is 22.7. The van der Waals surface area contributed by atoms with Crippen LogP contribution >= 0.6 is 23.4 Å². The van der Waals surface area contributed by atoms with Gasteiger partial charge in [-0.25, -0.2) is 4.68 Å². The predicted molar refractivity (Wildman–Crippen MR) is 120 cm³/mol. The summed E-state index contributed by atoms with van der Waals surface area (Å²) in [6.07, 6.45) is 0.990. The van der Waals surface area contributed by atoms with Crippen LogP contribution in [-0.2, 0) is 12.3 Å². The van der Waals surface area contributed by atoms with Gasteiger partial charge in [-0.1, -0.05) is 35.5 Å². The fourth-order valence-corrected chi connectivity index (χ4v) is 3.87. The van der Waals surface area contributed by atoms with Gasteiger partial charge in [0.2, 0.25) is 10.6 Å². The molecular formula is C21H17ClN4O5S. The average molecular weight is 473 g/mol. The number of phenols is 2. The number of aromatic nitrogens is 3.